The summed E-state index contributed by atoms with van der Waals surface area (Å²) >= 11 is 1.25. The third-order valence-electron chi connectivity index (χ3n) is 3.07. The van der Waals surface area contributed by atoms with Crippen molar-refractivity contribution in [2.45, 2.75) is 25.9 Å². The average Bonchev–Trinajstić information content (AvgIpc) is 3.04. The molecule has 0 bridgehead atoms. The Morgan fingerprint density at radius 1 is 1.74 bits per heavy atom. The van der Waals surface area contributed by atoms with Crippen LogP contribution in [0.5, 0.6) is 0 Å². The van der Waals surface area contributed by atoms with Crippen LogP contribution in [0.2, 0.25) is 0 Å². The van der Waals surface area contributed by atoms with Crippen LogP contribution in [-0.2, 0) is 0 Å². The second-order valence-corrected chi connectivity index (χ2v) is 5.86. The summed E-state index contributed by atoms with van der Waals surface area (Å²) in [5, 5.41) is 21.3. The lowest BCUT2D eigenvalue weighted by atomic mass is 10.3. The highest BCUT2D eigenvalue weighted by atomic mass is 32.1. The zero-order valence-electron chi connectivity index (χ0n) is 10.7. The topological polar surface area (TPSA) is 66.6 Å². The number of thiophene rings is 1. The van der Waals surface area contributed by atoms with Crippen LogP contribution in [0, 0.1) is 28.4 Å². The average molecular weight is 280 g/mol. The van der Waals surface area contributed by atoms with E-state index in [2.05, 4.69) is 5.92 Å². The molecule has 1 aromatic heterocycles. The normalized spacial score (nSPS) is 15.8. The standard InChI is InChI=1S/C13H16N2O3S/c1-3-6-14(8-10-4-5-10)13-11(15(17)18)7-12(19-13)9(2)16/h1,7,9-10,16H,4-6,8H2,2H3/t9-/m0/s1. The fourth-order valence-electron chi connectivity index (χ4n) is 1.89. The molecule has 1 aromatic rings. The van der Waals surface area contributed by atoms with E-state index in [1.807, 2.05) is 4.90 Å². The maximum atomic E-state index is 11.1. The van der Waals surface area contributed by atoms with E-state index in [9.17, 15) is 15.2 Å². The van der Waals surface area contributed by atoms with Gasteiger partial charge in [0.15, 0.2) is 5.00 Å². The van der Waals surface area contributed by atoms with Crippen molar-refractivity contribution in [1.82, 2.24) is 0 Å². The van der Waals surface area contributed by atoms with Crippen LogP contribution in [0.25, 0.3) is 0 Å². The van der Waals surface area contributed by atoms with Gasteiger partial charge in [-0.25, -0.2) is 0 Å². The van der Waals surface area contributed by atoms with Crippen LogP contribution in [-0.4, -0.2) is 23.1 Å². The van der Waals surface area contributed by atoms with Crippen molar-refractivity contribution in [3.63, 3.8) is 0 Å². The number of rotatable bonds is 6. The third kappa shape index (κ3) is 3.25. The summed E-state index contributed by atoms with van der Waals surface area (Å²) in [6.07, 6.45) is 6.96. The number of nitrogens with zero attached hydrogens (tertiary/aromatic N) is 2. The van der Waals surface area contributed by atoms with Crippen molar-refractivity contribution in [2.24, 2.45) is 5.92 Å². The van der Waals surface area contributed by atoms with Crippen LogP contribution >= 0.6 is 11.3 Å². The van der Waals surface area contributed by atoms with Crippen molar-refractivity contribution in [1.29, 1.82) is 0 Å². The smallest absolute Gasteiger partial charge is 0.304 e. The first-order valence-electron chi connectivity index (χ1n) is 6.17. The SMILES string of the molecule is C#CCN(CC1CC1)c1sc([C@H](C)O)cc1[N+](=O)[O-]. The molecule has 1 aliphatic rings. The lowest BCUT2D eigenvalue weighted by Crippen LogP contribution is -2.25. The zero-order chi connectivity index (χ0) is 14.0. The Balaban J connectivity index is 2.32. The molecule has 6 heteroatoms. The molecule has 2 rings (SSSR count). The zero-order valence-corrected chi connectivity index (χ0v) is 11.5. The van der Waals surface area contributed by atoms with E-state index in [0.29, 0.717) is 22.3 Å². The van der Waals surface area contributed by atoms with Gasteiger partial charge < -0.3 is 10.0 Å². The molecular formula is C13H16N2O3S. The van der Waals surface area contributed by atoms with E-state index in [-0.39, 0.29) is 5.69 Å². The molecule has 0 unspecified atom stereocenters. The summed E-state index contributed by atoms with van der Waals surface area (Å²) in [6, 6.07) is 1.45. The van der Waals surface area contributed by atoms with Gasteiger partial charge in [0.1, 0.15) is 0 Å². The first-order chi connectivity index (χ1) is 9.02. The number of hydrogen-bond acceptors (Lipinski definition) is 5. The van der Waals surface area contributed by atoms with Gasteiger partial charge in [-0.2, -0.15) is 0 Å². The molecule has 1 atom stereocenters. The van der Waals surface area contributed by atoms with E-state index in [4.69, 9.17) is 6.42 Å². The summed E-state index contributed by atoms with van der Waals surface area (Å²) < 4.78 is 0. The Morgan fingerprint density at radius 2 is 2.42 bits per heavy atom. The Morgan fingerprint density at radius 3 is 2.89 bits per heavy atom. The molecule has 0 spiro atoms. The molecular weight excluding hydrogens is 264 g/mol. The molecule has 102 valence electrons. The van der Waals surface area contributed by atoms with E-state index in [0.717, 1.165) is 19.4 Å². The number of aliphatic hydroxyl groups is 1. The molecule has 1 heterocycles. The van der Waals surface area contributed by atoms with Crippen LogP contribution in [0.4, 0.5) is 10.7 Å². The van der Waals surface area contributed by atoms with Gasteiger partial charge in [-0.15, -0.1) is 17.8 Å². The van der Waals surface area contributed by atoms with Gasteiger partial charge in [0.25, 0.3) is 0 Å². The molecule has 1 aliphatic carbocycles. The number of aliphatic hydroxyl groups excluding tert-OH is 1. The summed E-state index contributed by atoms with van der Waals surface area (Å²) in [4.78, 5) is 13.2. The summed E-state index contributed by atoms with van der Waals surface area (Å²) in [7, 11) is 0. The summed E-state index contributed by atoms with van der Waals surface area (Å²) in [5.74, 6) is 3.14. The van der Waals surface area contributed by atoms with Crippen LogP contribution in [0.15, 0.2) is 6.07 Å². The van der Waals surface area contributed by atoms with Crippen LogP contribution in [0.1, 0.15) is 30.7 Å². The van der Waals surface area contributed by atoms with Gasteiger partial charge in [-0.3, -0.25) is 10.1 Å². The van der Waals surface area contributed by atoms with Crippen molar-refractivity contribution < 1.29 is 10.0 Å². The van der Waals surface area contributed by atoms with Gasteiger partial charge in [0, 0.05) is 17.5 Å². The Hall–Kier alpha value is -1.58. The molecule has 0 radical (unpaired) electrons. The molecule has 1 fully saturated rings. The molecule has 0 saturated heterocycles. The summed E-state index contributed by atoms with van der Waals surface area (Å²) in [6.45, 7) is 2.72. The minimum Gasteiger partial charge on any atom is -0.388 e. The fraction of sp³-hybridized carbons (Fsp3) is 0.538. The number of hydrogen-bond donors (Lipinski definition) is 1. The lowest BCUT2D eigenvalue weighted by Gasteiger charge is -2.19. The quantitative estimate of drug-likeness (QED) is 0.494. The molecule has 0 aromatic carbocycles. The highest BCUT2D eigenvalue weighted by molar-refractivity contribution is 7.16. The minimum absolute atomic E-state index is 0.0387. The fourth-order valence-corrected chi connectivity index (χ4v) is 2.97. The highest BCUT2D eigenvalue weighted by Crippen LogP contribution is 2.42. The van der Waals surface area contributed by atoms with Gasteiger partial charge in [-0.05, 0) is 25.7 Å². The predicted molar refractivity (Wildman–Crippen MR) is 75.4 cm³/mol. The monoisotopic (exact) mass is 280 g/mol. The van der Waals surface area contributed by atoms with E-state index in [1.54, 1.807) is 6.92 Å². The lowest BCUT2D eigenvalue weighted by molar-refractivity contribution is -0.383. The Bertz CT molecular complexity index is 514. The molecule has 0 amide bonds. The minimum atomic E-state index is -0.703. The van der Waals surface area contributed by atoms with E-state index in [1.165, 1.54) is 17.4 Å². The van der Waals surface area contributed by atoms with Gasteiger partial charge >= 0.3 is 5.69 Å². The highest BCUT2D eigenvalue weighted by Gasteiger charge is 2.30. The first-order valence-corrected chi connectivity index (χ1v) is 6.99. The second kappa shape index (κ2) is 5.59. The van der Waals surface area contributed by atoms with Crippen LogP contribution < -0.4 is 4.90 Å². The number of terminal acetylenes is 1. The van der Waals surface area contributed by atoms with Gasteiger partial charge in [-0.1, -0.05) is 5.92 Å². The third-order valence-corrected chi connectivity index (χ3v) is 4.42. The molecule has 5 nitrogen and oxygen atoms in total. The van der Waals surface area contributed by atoms with Crippen molar-refractivity contribution >= 4 is 22.0 Å². The van der Waals surface area contributed by atoms with E-state index < -0.39 is 11.0 Å². The molecule has 1 saturated carbocycles. The maximum Gasteiger partial charge on any atom is 0.304 e. The van der Waals surface area contributed by atoms with Crippen molar-refractivity contribution in [3.8, 4) is 12.3 Å². The van der Waals surface area contributed by atoms with E-state index >= 15 is 0 Å². The van der Waals surface area contributed by atoms with Crippen LogP contribution in [0.3, 0.4) is 0 Å². The predicted octanol–water partition coefficient (Wildman–Crippen LogP) is 2.56. The molecule has 0 aliphatic heterocycles. The Labute approximate surface area is 116 Å². The Kier molecular flexibility index (Phi) is 4.08. The molecule has 19 heavy (non-hydrogen) atoms. The van der Waals surface area contributed by atoms with Crippen molar-refractivity contribution in [3.05, 3.63) is 21.1 Å². The second-order valence-electron chi connectivity index (χ2n) is 4.80. The first kappa shape index (κ1) is 13.8. The van der Waals surface area contributed by atoms with Crippen molar-refractivity contribution in [2.75, 3.05) is 18.0 Å². The van der Waals surface area contributed by atoms with Gasteiger partial charge in [0.2, 0.25) is 0 Å². The van der Waals surface area contributed by atoms with Gasteiger partial charge in [0.05, 0.1) is 17.6 Å². The largest absolute Gasteiger partial charge is 0.388 e. The molecule has 1 N–H and O–H groups in total. The number of nitro groups is 1. The number of anilines is 1. The summed E-state index contributed by atoms with van der Waals surface area (Å²) in [5.41, 5.74) is 0.0387. The maximum absolute atomic E-state index is 11.1.